The summed E-state index contributed by atoms with van der Waals surface area (Å²) in [6, 6.07) is 7.49. The summed E-state index contributed by atoms with van der Waals surface area (Å²) in [6.45, 7) is 3.76. The van der Waals surface area contributed by atoms with Gasteiger partial charge >= 0.3 is 5.97 Å². The Labute approximate surface area is 146 Å². The van der Waals surface area contributed by atoms with Crippen molar-refractivity contribution in [3.05, 3.63) is 40.7 Å². The third kappa shape index (κ3) is 3.99. The highest BCUT2D eigenvalue weighted by Crippen LogP contribution is 2.32. The highest BCUT2D eigenvalue weighted by atomic mass is 16.5. The van der Waals surface area contributed by atoms with Crippen molar-refractivity contribution in [3.63, 3.8) is 0 Å². The third-order valence-electron chi connectivity index (χ3n) is 3.75. The maximum atomic E-state index is 12.2. The van der Waals surface area contributed by atoms with Crippen LogP contribution in [-0.2, 0) is 9.53 Å². The van der Waals surface area contributed by atoms with Gasteiger partial charge in [0.15, 0.2) is 6.04 Å². The minimum absolute atomic E-state index is 0.244. The fourth-order valence-electron chi connectivity index (χ4n) is 2.48. The summed E-state index contributed by atoms with van der Waals surface area (Å²) < 4.78 is 16.8. The van der Waals surface area contributed by atoms with Crippen molar-refractivity contribution in [3.8, 4) is 22.8 Å². The van der Waals surface area contributed by atoms with E-state index in [9.17, 15) is 9.59 Å². The largest absolute Gasteiger partial charge is 0.497 e. The van der Waals surface area contributed by atoms with Crippen LogP contribution in [0.25, 0.3) is 11.3 Å². The van der Waals surface area contributed by atoms with Gasteiger partial charge in [0.05, 0.1) is 26.5 Å². The van der Waals surface area contributed by atoms with E-state index in [2.05, 4.69) is 5.10 Å². The highest BCUT2D eigenvalue weighted by Gasteiger charge is 2.23. The Hall–Kier alpha value is -2.83. The first kappa shape index (κ1) is 18.5. The Kier molecular flexibility index (Phi) is 6.16. The number of aromatic nitrogens is 2. The van der Waals surface area contributed by atoms with Gasteiger partial charge in [0.25, 0.3) is 5.56 Å². The molecule has 0 aliphatic heterocycles. The number of nitrogens with zero attached hydrogens (tertiary/aromatic N) is 2. The van der Waals surface area contributed by atoms with Gasteiger partial charge in [0, 0.05) is 11.6 Å². The Bertz CT molecular complexity index is 800. The second-order valence-electron chi connectivity index (χ2n) is 5.24. The lowest BCUT2D eigenvalue weighted by Gasteiger charge is -2.17. The summed E-state index contributed by atoms with van der Waals surface area (Å²) in [4.78, 5) is 24.4. The van der Waals surface area contributed by atoms with E-state index < -0.39 is 12.0 Å². The Morgan fingerprint density at radius 3 is 2.52 bits per heavy atom. The van der Waals surface area contributed by atoms with E-state index in [1.807, 2.05) is 0 Å². The molecule has 0 saturated carbocycles. The van der Waals surface area contributed by atoms with Gasteiger partial charge in [-0.05, 0) is 37.6 Å². The number of carbonyl (C=O) groups excluding carboxylic acids is 1. The predicted molar refractivity (Wildman–Crippen MR) is 93.0 cm³/mol. The third-order valence-corrected chi connectivity index (χ3v) is 3.75. The van der Waals surface area contributed by atoms with E-state index in [1.54, 1.807) is 52.3 Å². The first-order valence-electron chi connectivity index (χ1n) is 8.04. The molecule has 0 amide bonds. The number of hydrogen-bond donors (Lipinski definition) is 0. The van der Waals surface area contributed by atoms with Crippen LogP contribution in [-0.4, -0.2) is 36.6 Å². The number of rotatable bonds is 7. The molecule has 0 unspecified atom stereocenters. The number of carbonyl (C=O) groups is 1. The molecule has 1 atom stereocenters. The first-order chi connectivity index (χ1) is 12.0. The van der Waals surface area contributed by atoms with E-state index in [0.29, 0.717) is 29.2 Å². The Morgan fingerprint density at radius 1 is 1.16 bits per heavy atom. The summed E-state index contributed by atoms with van der Waals surface area (Å²) in [5.74, 6) is 0.741. The number of ether oxygens (including phenoxy) is 3. The van der Waals surface area contributed by atoms with Crippen LogP contribution < -0.4 is 15.0 Å². The maximum Gasteiger partial charge on any atom is 0.331 e. The number of methoxy groups -OCH3 is 2. The summed E-state index contributed by atoms with van der Waals surface area (Å²) in [5.41, 5.74) is 0.790. The molecule has 7 nitrogen and oxygen atoms in total. The van der Waals surface area contributed by atoms with E-state index in [0.717, 1.165) is 4.68 Å². The van der Waals surface area contributed by atoms with Gasteiger partial charge in [0.2, 0.25) is 0 Å². The van der Waals surface area contributed by atoms with Gasteiger partial charge < -0.3 is 14.2 Å². The first-order valence-corrected chi connectivity index (χ1v) is 8.04. The van der Waals surface area contributed by atoms with Crippen LogP contribution in [0.1, 0.15) is 26.3 Å². The topological polar surface area (TPSA) is 79.7 Å². The van der Waals surface area contributed by atoms with E-state index in [1.165, 1.54) is 6.07 Å². The molecule has 2 rings (SSSR count). The summed E-state index contributed by atoms with van der Waals surface area (Å²) in [7, 11) is 3.11. The molecule has 0 fully saturated rings. The fourth-order valence-corrected chi connectivity index (χ4v) is 2.48. The monoisotopic (exact) mass is 346 g/mol. The summed E-state index contributed by atoms with van der Waals surface area (Å²) >= 11 is 0. The predicted octanol–water partition coefficient (Wildman–Crippen LogP) is 2.44. The molecule has 7 heteroatoms. The van der Waals surface area contributed by atoms with Gasteiger partial charge in [-0.15, -0.1) is 0 Å². The van der Waals surface area contributed by atoms with Crippen LogP contribution in [0.15, 0.2) is 35.1 Å². The van der Waals surface area contributed by atoms with Crippen molar-refractivity contribution in [2.45, 2.75) is 26.3 Å². The SMILES string of the molecule is CCOC(=O)[C@@H](CC)n1nc(-c2cc(OC)ccc2OC)ccc1=O. The average molecular weight is 346 g/mol. The molecule has 0 aliphatic rings. The zero-order chi connectivity index (χ0) is 18.4. The second-order valence-corrected chi connectivity index (χ2v) is 5.24. The van der Waals surface area contributed by atoms with Gasteiger partial charge in [0.1, 0.15) is 11.5 Å². The van der Waals surface area contributed by atoms with Crippen LogP contribution in [0.5, 0.6) is 11.5 Å². The fraction of sp³-hybridized carbons (Fsp3) is 0.389. The molecule has 0 saturated heterocycles. The number of hydrogen-bond acceptors (Lipinski definition) is 6. The maximum absolute atomic E-state index is 12.2. The van der Waals surface area contributed by atoms with E-state index >= 15 is 0 Å². The zero-order valence-corrected chi connectivity index (χ0v) is 14.8. The quantitative estimate of drug-likeness (QED) is 0.717. The van der Waals surface area contributed by atoms with Gasteiger partial charge in [-0.1, -0.05) is 6.92 Å². The molecule has 0 spiro atoms. The van der Waals surface area contributed by atoms with Crippen LogP contribution in [0, 0.1) is 0 Å². The van der Waals surface area contributed by atoms with Crippen molar-refractivity contribution in [1.29, 1.82) is 0 Å². The van der Waals surface area contributed by atoms with Crippen molar-refractivity contribution >= 4 is 5.97 Å². The Morgan fingerprint density at radius 2 is 1.92 bits per heavy atom. The molecule has 0 bridgehead atoms. The zero-order valence-electron chi connectivity index (χ0n) is 14.8. The Balaban J connectivity index is 2.55. The lowest BCUT2D eigenvalue weighted by atomic mass is 10.1. The number of benzene rings is 1. The average Bonchev–Trinajstić information content (AvgIpc) is 2.63. The summed E-state index contributed by atoms with van der Waals surface area (Å²) in [5, 5.41) is 4.37. The molecule has 0 radical (unpaired) electrons. The van der Waals surface area contributed by atoms with Crippen LogP contribution in [0.2, 0.25) is 0 Å². The molecular formula is C18H22N2O5. The summed E-state index contributed by atoms with van der Waals surface area (Å²) in [6.07, 6.45) is 0.393. The molecule has 1 aromatic heterocycles. The standard InChI is InChI=1S/C18H22N2O5/c1-5-15(18(22)25-6-2)20-17(21)10-8-14(19-20)13-11-12(23-3)7-9-16(13)24-4/h7-11,15H,5-6H2,1-4H3/t15-/m1/s1. The van der Waals surface area contributed by atoms with Crippen molar-refractivity contribution in [2.75, 3.05) is 20.8 Å². The lowest BCUT2D eigenvalue weighted by Crippen LogP contribution is -2.32. The van der Waals surface area contributed by atoms with Crippen LogP contribution in [0.3, 0.4) is 0 Å². The minimum atomic E-state index is -0.774. The highest BCUT2D eigenvalue weighted by molar-refractivity contribution is 5.74. The van der Waals surface area contributed by atoms with E-state index in [4.69, 9.17) is 14.2 Å². The molecule has 134 valence electrons. The minimum Gasteiger partial charge on any atom is -0.497 e. The van der Waals surface area contributed by atoms with Crippen molar-refractivity contribution in [1.82, 2.24) is 9.78 Å². The molecule has 1 heterocycles. The normalized spacial score (nSPS) is 11.7. The van der Waals surface area contributed by atoms with Crippen molar-refractivity contribution < 1.29 is 19.0 Å². The molecule has 1 aromatic carbocycles. The van der Waals surface area contributed by atoms with E-state index in [-0.39, 0.29) is 12.2 Å². The molecule has 25 heavy (non-hydrogen) atoms. The molecular weight excluding hydrogens is 324 g/mol. The lowest BCUT2D eigenvalue weighted by molar-refractivity contribution is -0.147. The van der Waals surface area contributed by atoms with Gasteiger partial charge in [-0.3, -0.25) is 4.79 Å². The number of esters is 1. The molecule has 2 aromatic rings. The van der Waals surface area contributed by atoms with Crippen LogP contribution >= 0.6 is 0 Å². The van der Waals surface area contributed by atoms with Crippen molar-refractivity contribution in [2.24, 2.45) is 0 Å². The van der Waals surface area contributed by atoms with Gasteiger partial charge in [-0.2, -0.15) is 5.10 Å². The smallest absolute Gasteiger partial charge is 0.331 e. The second kappa shape index (κ2) is 8.32. The van der Waals surface area contributed by atoms with Gasteiger partial charge in [-0.25, -0.2) is 9.48 Å². The van der Waals surface area contributed by atoms with Crippen LogP contribution in [0.4, 0.5) is 0 Å². The molecule has 0 aliphatic carbocycles. The molecule has 0 N–H and O–H groups in total.